The fourth-order valence-electron chi connectivity index (χ4n) is 1.51. The lowest BCUT2D eigenvalue weighted by Crippen LogP contribution is -2.10. The average Bonchev–Trinajstić information content (AvgIpc) is 2.76. The molecule has 0 saturated carbocycles. The molecule has 0 amide bonds. The number of halogens is 3. The highest BCUT2D eigenvalue weighted by Crippen LogP contribution is 2.33. The third kappa shape index (κ3) is 2.31. The van der Waals surface area contributed by atoms with Gasteiger partial charge in [0.15, 0.2) is 0 Å². The second-order valence-corrected chi connectivity index (χ2v) is 3.51. The molecule has 3 nitrogen and oxygen atoms in total. The van der Waals surface area contributed by atoms with Crippen molar-refractivity contribution in [3.8, 4) is 5.69 Å². The second kappa shape index (κ2) is 4.21. The highest BCUT2D eigenvalue weighted by atomic mass is 19.4. The number of alkyl halides is 3. The molecule has 0 saturated heterocycles. The van der Waals surface area contributed by atoms with E-state index >= 15 is 0 Å². The minimum absolute atomic E-state index is 0.000278. The van der Waals surface area contributed by atoms with Gasteiger partial charge in [0.25, 0.3) is 0 Å². The highest BCUT2D eigenvalue weighted by molar-refractivity contribution is 5.42. The van der Waals surface area contributed by atoms with Crippen LogP contribution in [0.2, 0.25) is 0 Å². The Morgan fingerprint density at radius 1 is 1.24 bits per heavy atom. The molecule has 6 heteroatoms. The van der Waals surface area contributed by atoms with Gasteiger partial charge in [0.05, 0.1) is 17.4 Å². The SMILES string of the molecule is NCc1cnn(-c2ccccc2C(F)(F)F)c1. The number of benzene rings is 1. The van der Waals surface area contributed by atoms with E-state index in [-0.39, 0.29) is 12.2 Å². The van der Waals surface area contributed by atoms with Crippen LogP contribution in [-0.4, -0.2) is 9.78 Å². The van der Waals surface area contributed by atoms with E-state index in [0.29, 0.717) is 5.56 Å². The number of nitrogens with two attached hydrogens (primary N) is 1. The third-order valence-corrected chi connectivity index (χ3v) is 2.33. The number of nitrogens with zero attached hydrogens (tertiary/aromatic N) is 2. The summed E-state index contributed by atoms with van der Waals surface area (Å²) in [4.78, 5) is 0. The van der Waals surface area contributed by atoms with Gasteiger partial charge in [-0.15, -0.1) is 0 Å². The zero-order chi connectivity index (χ0) is 12.5. The summed E-state index contributed by atoms with van der Waals surface area (Å²) in [5.74, 6) is 0. The molecule has 1 aromatic heterocycles. The van der Waals surface area contributed by atoms with E-state index in [1.165, 1.54) is 35.3 Å². The van der Waals surface area contributed by atoms with Gasteiger partial charge in [0.1, 0.15) is 0 Å². The first kappa shape index (κ1) is 11.7. The van der Waals surface area contributed by atoms with Crippen LogP contribution in [0.25, 0.3) is 5.69 Å². The van der Waals surface area contributed by atoms with Crippen molar-refractivity contribution in [1.82, 2.24) is 9.78 Å². The van der Waals surface area contributed by atoms with Crippen molar-refractivity contribution in [3.63, 3.8) is 0 Å². The van der Waals surface area contributed by atoms with Gasteiger partial charge in [-0.05, 0) is 12.1 Å². The van der Waals surface area contributed by atoms with Gasteiger partial charge in [0.2, 0.25) is 0 Å². The second-order valence-electron chi connectivity index (χ2n) is 3.51. The quantitative estimate of drug-likeness (QED) is 0.877. The zero-order valence-electron chi connectivity index (χ0n) is 8.78. The Balaban J connectivity index is 2.52. The molecule has 17 heavy (non-hydrogen) atoms. The first-order valence-electron chi connectivity index (χ1n) is 4.92. The Hall–Kier alpha value is -1.82. The first-order valence-corrected chi connectivity index (χ1v) is 4.92. The Bertz CT molecular complexity index is 517. The molecule has 90 valence electrons. The molecule has 0 aliphatic rings. The molecule has 1 heterocycles. The number of hydrogen-bond acceptors (Lipinski definition) is 2. The summed E-state index contributed by atoms with van der Waals surface area (Å²) in [6.45, 7) is 0.244. The predicted octanol–water partition coefficient (Wildman–Crippen LogP) is 2.35. The van der Waals surface area contributed by atoms with Gasteiger partial charge in [-0.2, -0.15) is 18.3 Å². The summed E-state index contributed by atoms with van der Waals surface area (Å²) in [6.07, 6.45) is -1.46. The van der Waals surface area contributed by atoms with Gasteiger partial charge < -0.3 is 5.73 Å². The lowest BCUT2D eigenvalue weighted by atomic mass is 10.1. The molecule has 0 radical (unpaired) electrons. The third-order valence-electron chi connectivity index (χ3n) is 2.33. The fourth-order valence-corrected chi connectivity index (χ4v) is 1.51. The van der Waals surface area contributed by atoms with Gasteiger partial charge in [-0.25, -0.2) is 4.68 Å². The van der Waals surface area contributed by atoms with Crippen LogP contribution in [0.4, 0.5) is 13.2 Å². The van der Waals surface area contributed by atoms with Gasteiger partial charge >= 0.3 is 6.18 Å². The largest absolute Gasteiger partial charge is 0.418 e. The molecule has 2 aromatic rings. The molecule has 0 atom stereocenters. The maximum absolute atomic E-state index is 12.8. The summed E-state index contributed by atoms with van der Waals surface area (Å²) < 4.78 is 39.5. The van der Waals surface area contributed by atoms with Crippen molar-refractivity contribution in [1.29, 1.82) is 0 Å². The highest BCUT2D eigenvalue weighted by Gasteiger charge is 2.33. The molecule has 2 N–H and O–H groups in total. The summed E-state index contributed by atoms with van der Waals surface area (Å²) in [5.41, 5.74) is 5.36. The summed E-state index contributed by atoms with van der Waals surface area (Å²) in [5, 5.41) is 3.87. The maximum Gasteiger partial charge on any atom is 0.418 e. The summed E-state index contributed by atoms with van der Waals surface area (Å²) >= 11 is 0. The van der Waals surface area contributed by atoms with Crippen molar-refractivity contribution in [3.05, 3.63) is 47.8 Å². The topological polar surface area (TPSA) is 43.8 Å². The van der Waals surface area contributed by atoms with Crippen molar-refractivity contribution < 1.29 is 13.2 Å². The van der Waals surface area contributed by atoms with Crippen LogP contribution in [0, 0.1) is 0 Å². The van der Waals surface area contributed by atoms with E-state index in [1.54, 1.807) is 0 Å². The van der Waals surface area contributed by atoms with Crippen LogP contribution >= 0.6 is 0 Å². The van der Waals surface area contributed by atoms with Crippen LogP contribution in [0.1, 0.15) is 11.1 Å². The number of para-hydroxylation sites is 1. The molecule has 0 spiro atoms. The minimum Gasteiger partial charge on any atom is -0.326 e. The lowest BCUT2D eigenvalue weighted by Gasteiger charge is -2.12. The number of rotatable bonds is 2. The normalized spacial score (nSPS) is 11.8. The molecule has 0 bridgehead atoms. The number of hydrogen-bond donors (Lipinski definition) is 1. The Morgan fingerprint density at radius 2 is 1.94 bits per heavy atom. The molecular formula is C11H10F3N3. The summed E-state index contributed by atoms with van der Waals surface area (Å²) in [6, 6.07) is 5.28. The van der Waals surface area contributed by atoms with Crippen LogP contribution in [0.3, 0.4) is 0 Å². The number of aromatic nitrogens is 2. The standard InChI is InChI=1S/C11H10F3N3/c12-11(13,14)9-3-1-2-4-10(9)17-7-8(5-15)6-16-17/h1-4,6-7H,5,15H2. The van der Waals surface area contributed by atoms with Crippen LogP contribution in [-0.2, 0) is 12.7 Å². The predicted molar refractivity (Wildman–Crippen MR) is 56.5 cm³/mol. The van der Waals surface area contributed by atoms with Crippen molar-refractivity contribution in [2.24, 2.45) is 5.73 Å². The van der Waals surface area contributed by atoms with Crippen molar-refractivity contribution in [2.45, 2.75) is 12.7 Å². The van der Waals surface area contributed by atoms with Gasteiger partial charge in [-0.3, -0.25) is 0 Å². The van der Waals surface area contributed by atoms with E-state index in [0.717, 1.165) is 6.07 Å². The Kier molecular flexibility index (Phi) is 2.89. The first-order chi connectivity index (χ1) is 8.02. The zero-order valence-corrected chi connectivity index (χ0v) is 8.78. The smallest absolute Gasteiger partial charge is 0.326 e. The van der Waals surface area contributed by atoms with Crippen molar-refractivity contribution in [2.75, 3.05) is 0 Å². The lowest BCUT2D eigenvalue weighted by molar-refractivity contribution is -0.137. The van der Waals surface area contributed by atoms with Crippen LogP contribution in [0.15, 0.2) is 36.7 Å². The summed E-state index contributed by atoms with van der Waals surface area (Å²) in [7, 11) is 0. The van der Waals surface area contributed by atoms with E-state index in [4.69, 9.17) is 5.73 Å². The molecular weight excluding hydrogens is 231 g/mol. The average molecular weight is 241 g/mol. The van der Waals surface area contributed by atoms with E-state index in [9.17, 15) is 13.2 Å². The molecule has 1 aromatic carbocycles. The van der Waals surface area contributed by atoms with E-state index in [1.807, 2.05) is 0 Å². The molecule has 0 fully saturated rings. The molecule has 0 aliphatic carbocycles. The maximum atomic E-state index is 12.8. The molecule has 0 unspecified atom stereocenters. The van der Waals surface area contributed by atoms with Crippen LogP contribution < -0.4 is 5.73 Å². The molecule has 2 rings (SSSR count). The van der Waals surface area contributed by atoms with Gasteiger partial charge in [-0.1, -0.05) is 12.1 Å². The van der Waals surface area contributed by atoms with Gasteiger partial charge in [0, 0.05) is 18.3 Å². The molecule has 0 aliphatic heterocycles. The van der Waals surface area contributed by atoms with E-state index in [2.05, 4.69) is 5.10 Å². The van der Waals surface area contributed by atoms with Crippen molar-refractivity contribution >= 4 is 0 Å². The Labute approximate surface area is 95.7 Å². The monoisotopic (exact) mass is 241 g/mol. The fraction of sp³-hybridized carbons (Fsp3) is 0.182. The van der Waals surface area contributed by atoms with Crippen LogP contribution in [0.5, 0.6) is 0 Å². The van der Waals surface area contributed by atoms with E-state index < -0.39 is 11.7 Å². The Morgan fingerprint density at radius 3 is 2.53 bits per heavy atom. The minimum atomic E-state index is -4.40.